The van der Waals surface area contributed by atoms with Crippen LogP contribution in [-0.2, 0) is 11.2 Å². The number of amides is 2. The van der Waals surface area contributed by atoms with Crippen molar-refractivity contribution in [3.05, 3.63) is 59.7 Å². The van der Waals surface area contributed by atoms with E-state index in [1.165, 1.54) is 38.5 Å². The van der Waals surface area contributed by atoms with Crippen LogP contribution >= 0.6 is 0 Å². The van der Waals surface area contributed by atoms with Crippen molar-refractivity contribution in [1.29, 1.82) is 0 Å². The monoisotopic (exact) mass is 508 g/mol. The third kappa shape index (κ3) is 9.73. The molecule has 2 aromatic carbocycles. The van der Waals surface area contributed by atoms with Crippen LogP contribution in [0.1, 0.15) is 67.3 Å². The lowest BCUT2D eigenvalue weighted by Gasteiger charge is -2.19. The summed E-state index contributed by atoms with van der Waals surface area (Å²) < 4.78 is 11.6. The van der Waals surface area contributed by atoms with Gasteiger partial charge in [-0.3, -0.25) is 9.59 Å². The van der Waals surface area contributed by atoms with E-state index in [0.29, 0.717) is 25.2 Å². The van der Waals surface area contributed by atoms with Crippen LogP contribution < -0.4 is 20.1 Å². The minimum atomic E-state index is -0.775. The lowest BCUT2D eigenvalue weighted by Crippen LogP contribution is -2.48. The van der Waals surface area contributed by atoms with Gasteiger partial charge in [0.15, 0.2) is 0 Å². The van der Waals surface area contributed by atoms with Crippen LogP contribution in [0.3, 0.4) is 0 Å². The normalized spacial score (nSPS) is 15.6. The van der Waals surface area contributed by atoms with E-state index >= 15 is 0 Å². The predicted molar refractivity (Wildman–Crippen MR) is 143 cm³/mol. The minimum Gasteiger partial charge on any atom is -0.494 e. The lowest BCUT2D eigenvalue weighted by atomic mass is 10.0. The van der Waals surface area contributed by atoms with Gasteiger partial charge in [0.1, 0.15) is 17.5 Å². The highest BCUT2D eigenvalue weighted by Crippen LogP contribution is 2.34. The molecule has 2 aliphatic rings. The van der Waals surface area contributed by atoms with Crippen molar-refractivity contribution < 1.29 is 24.2 Å². The first kappa shape index (κ1) is 27.0. The van der Waals surface area contributed by atoms with E-state index in [-0.39, 0.29) is 25.0 Å². The molecule has 1 atom stereocenters. The summed E-state index contributed by atoms with van der Waals surface area (Å²) >= 11 is 0. The summed E-state index contributed by atoms with van der Waals surface area (Å²) in [5.41, 5.74) is 1.37. The van der Waals surface area contributed by atoms with Crippen LogP contribution in [0.25, 0.3) is 0 Å². The predicted octanol–water partition coefficient (Wildman–Crippen LogP) is 4.27. The zero-order chi connectivity index (χ0) is 25.9. The fourth-order valence-electron chi connectivity index (χ4n) is 4.35. The highest BCUT2D eigenvalue weighted by Gasteiger charge is 2.23. The topological polar surface area (TPSA) is 96.9 Å². The van der Waals surface area contributed by atoms with Gasteiger partial charge in [-0.1, -0.05) is 37.8 Å². The summed E-state index contributed by atoms with van der Waals surface area (Å²) in [6, 6.07) is 13.9. The second-order valence-electron chi connectivity index (χ2n) is 10.3. The van der Waals surface area contributed by atoms with E-state index in [1.807, 2.05) is 24.3 Å². The first-order valence-corrected chi connectivity index (χ1v) is 13.7. The van der Waals surface area contributed by atoms with Gasteiger partial charge in [0.2, 0.25) is 5.91 Å². The number of hydrogen-bond acceptors (Lipinski definition) is 5. The van der Waals surface area contributed by atoms with Crippen LogP contribution in [0.4, 0.5) is 0 Å². The molecule has 7 nitrogen and oxygen atoms in total. The molecule has 4 rings (SSSR count). The van der Waals surface area contributed by atoms with Gasteiger partial charge in [0, 0.05) is 18.5 Å². The van der Waals surface area contributed by atoms with Crippen LogP contribution in [0.2, 0.25) is 0 Å². The van der Waals surface area contributed by atoms with Crippen molar-refractivity contribution in [3.8, 4) is 11.5 Å². The number of ether oxygens (including phenoxy) is 2. The van der Waals surface area contributed by atoms with Crippen molar-refractivity contribution in [2.45, 2.75) is 63.8 Å². The Morgan fingerprint density at radius 2 is 1.38 bits per heavy atom. The van der Waals surface area contributed by atoms with Crippen molar-refractivity contribution >= 4 is 11.8 Å². The number of aliphatic hydroxyl groups excluding tert-OH is 1. The summed E-state index contributed by atoms with van der Waals surface area (Å²) in [6.07, 6.45) is 10.3. The van der Waals surface area contributed by atoms with E-state index in [2.05, 4.69) is 10.6 Å². The molecule has 0 radical (unpaired) electrons. The summed E-state index contributed by atoms with van der Waals surface area (Å²) in [4.78, 5) is 25.7. The van der Waals surface area contributed by atoms with Gasteiger partial charge in [-0.2, -0.15) is 0 Å². The van der Waals surface area contributed by atoms with Gasteiger partial charge >= 0.3 is 0 Å². The highest BCUT2D eigenvalue weighted by atomic mass is 16.5. The summed E-state index contributed by atoms with van der Waals surface area (Å²) in [6.45, 7) is 1.36. The Balaban J connectivity index is 1.28. The number of carbonyl (C=O) groups excluding carboxylic acids is 2. The Bertz CT molecular complexity index is 984. The quantitative estimate of drug-likeness (QED) is 0.277. The Kier molecular flexibility index (Phi) is 10.2. The molecule has 2 aromatic rings. The number of rotatable bonds is 17. The molecule has 0 spiro atoms. The van der Waals surface area contributed by atoms with Crippen LogP contribution in [0.5, 0.6) is 11.5 Å². The van der Waals surface area contributed by atoms with Gasteiger partial charge < -0.3 is 25.2 Å². The zero-order valence-electron chi connectivity index (χ0n) is 21.6. The summed E-state index contributed by atoms with van der Waals surface area (Å²) in [7, 11) is 0. The van der Waals surface area contributed by atoms with Gasteiger partial charge in [-0.05, 0) is 79.5 Å². The molecule has 0 saturated heterocycles. The number of hydrogen-bond donors (Lipinski definition) is 3. The Morgan fingerprint density at radius 3 is 1.89 bits per heavy atom. The first-order chi connectivity index (χ1) is 18.1. The minimum absolute atomic E-state index is 0.131. The number of nitrogens with one attached hydrogen (secondary N) is 2. The maximum absolute atomic E-state index is 12.9. The Labute approximate surface area is 219 Å². The number of aliphatic hydroxyl groups is 1. The molecular formula is C30H40N2O5. The second-order valence-corrected chi connectivity index (χ2v) is 10.3. The molecule has 3 N–H and O–H groups in total. The largest absolute Gasteiger partial charge is 0.494 e. The maximum Gasteiger partial charge on any atom is 0.251 e. The summed E-state index contributed by atoms with van der Waals surface area (Å²) in [5.74, 6) is 2.67. The zero-order valence-corrected chi connectivity index (χ0v) is 21.6. The molecular weight excluding hydrogens is 468 g/mol. The molecule has 0 aromatic heterocycles. The van der Waals surface area contributed by atoms with E-state index in [0.717, 1.165) is 41.7 Å². The van der Waals surface area contributed by atoms with Crippen molar-refractivity contribution in [2.24, 2.45) is 11.8 Å². The molecule has 7 heteroatoms. The smallest absolute Gasteiger partial charge is 0.251 e. The van der Waals surface area contributed by atoms with E-state index in [9.17, 15) is 9.59 Å². The van der Waals surface area contributed by atoms with Gasteiger partial charge in [0.25, 0.3) is 5.91 Å². The molecule has 1 unspecified atom stereocenters. The average Bonchev–Trinajstić information content (AvgIpc) is 3.84. The molecule has 2 saturated carbocycles. The third-order valence-electron chi connectivity index (χ3n) is 6.96. The maximum atomic E-state index is 12.9. The Morgan fingerprint density at radius 1 is 0.838 bits per heavy atom. The van der Waals surface area contributed by atoms with Crippen LogP contribution in [-0.4, -0.2) is 49.3 Å². The lowest BCUT2D eigenvalue weighted by molar-refractivity contribution is -0.123. The molecule has 0 aliphatic heterocycles. The SMILES string of the molecule is O=C(NC(Cc1ccc(OCCCC2CC2)cc1)C(=O)NCCO)c1ccc(OCCCC2CC2)cc1. The van der Waals surface area contributed by atoms with Gasteiger partial charge in [0.05, 0.1) is 19.8 Å². The fourth-order valence-corrected chi connectivity index (χ4v) is 4.35. The molecule has 37 heavy (non-hydrogen) atoms. The molecule has 2 fully saturated rings. The van der Waals surface area contributed by atoms with Crippen LogP contribution in [0.15, 0.2) is 48.5 Å². The molecule has 0 heterocycles. The van der Waals surface area contributed by atoms with E-state index in [4.69, 9.17) is 14.6 Å². The highest BCUT2D eigenvalue weighted by molar-refractivity contribution is 5.97. The van der Waals surface area contributed by atoms with Gasteiger partial charge in [-0.15, -0.1) is 0 Å². The van der Waals surface area contributed by atoms with Crippen molar-refractivity contribution in [1.82, 2.24) is 10.6 Å². The fraction of sp³-hybridized carbons (Fsp3) is 0.533. The molecule has 2 amide bonds. The standard InChI is InChI=1S/C30H40N2O5/c33-18-17-31-30(35)28(21-24-9-13-26(14-10-24)36-19-1-3-22-5-6-22)32-29(34)25-11-15-27(16-12-25)37-20-2-4-23-7-8-23/h9-16,22-23,28,33H,1-8,17-21H2,(H,31,35)(H,32,34). The average molecular weight is 509 g/mol. The van der Waals surface area contributed by atoms with E-state index in [1.54, 1.807) is 24.3 Å². The second kappa shape index (κ2) is 14.0. The molecule has 200 valence electrons. The van der Waals surface area contributed by atoms with Crippen molar-refractivity contribution in [2.75, 3.05) is 26.4 Å². The third-order valence-corrected chi connectivity index (χ3v) is 6.96. The molecule has 0 bridgehead atoms. The molecule has 2 aliphatic carbocycles. The van der Waals surface area contributed by atoms with Crippen molar-refractivity contribution in [3.63, 3.8) is 0 Å². The van der Waals surface area contributed by atoms with Gasteiger partial charge in [-0.25, -0.2) is 0 Å². The van der Waals surface area contributed by atoms with E-state index < -0.39 is 6.04 Å². The van der Waals surface area contributed by atoms with Crippen LogP contribution in [0, 0.1) is 11.8 Å². The summed E-state index contributed by atoms with van der Waals surface area (Å²) in [5, 5.41) is 14.6. The number of benzene rings is 2. The Hall–Kier alpha value is -3.06. The first-order valence-electron chi connectivity index (χ1n) is 13.7. The number of carbonyl (C=O) groups is 2.